The van der Waals surface area contributed by atoms with Crippen molar-refractivity contribution in [3.63, 3.8) is 0 Å². The molecule has 0 aromatic carbocycles. The Morgan fingerprint density at radius 1 is 1.31 bits per heavy atom. The molecule has 0 aromatic rings. The van der Waals surface area contributed by atoms with E-state index in [2.05, 4.69) is 0 Å². The molecule has 2 saturated heterocycles. The average Bonchev–Trinajstić information content (AvgIpc) is 2.60. The Labute approximate surface area is 76.5 Å². The summed E-state index contributed by atoms with van der Waals surface area (Å²) in [6, 6.07) is 0. The number of hydrogen-bond acceptors (Lipinski definition) is 4. The zero-order valence-corrected chi connectivity index (χ0v) is 7.73. The molecule has 2 rings (SSSR count). The Morgan fingerprint density at radius 2 is 1.92 bits per heavy atom. The van der Waals surface area contributed by atoms with Crippen molar-refractivity contribution in [1.29, 1.82) is 0 Å². The lowest BCUT2D eigenvalue weighted by molar-refractivity contribution is -0.141. The van der Waals surface area contributed by atoms with E-state index in [1.165, 1.54) is 4.90 Å². The number of nitrogens with zero attached hydrogens (tertiary/aromatic N) is 1. The lowest BCUT2D eigenvalue weighted by Gasteiger charge is -2.19. The highest BCUT2D eigenvalue weighted by Crippen LogP contribution is 2.23. The zero-order chi connectivity index (χ0) is 9.42. The SMILES string of the molecule is CC1OC(N2CCOC2=O)OC1C. The number of hydrogen-bond donors (Lipinski definition) is 0. The van der Waals surface area contributed by atoms with Crippen LogP contribution in [0.1, 0.15) is 13.8 Å². The fraction of sp³-hybridized carbons (Fsp3) is 0.875. The highest BCUT2D eigenvalue weighted by molar-refractivity contribution is 5.69. The van der Waals surface area contributed by atoms with Gasteiger partial charge >= 0.3 is 6.09 Å². The summed E-state index contributed by atoms with van der Waals surface area (Å²) in [5, 5.41) is 0. The molecule has 0 aromatic heterocycles. The van der Waals surface area contributed by atoms with Crippen molar-refractivity contribution in [2.45, 2.75) is 32.5 Å². The second kappa shape index (κ2) is 3.16. The monoisotopic (exact) mass is 187 g/mol. The molecule has 5 heteroatoms. The number of ether oxygens (including phenoxy) is 3. The average molecular weight is 187 g/mol. The van der Waals surface area contributed by atoms with E-state index >= 15 is 0 Å². The molecule has 2 unspecified atom stereocenters. The first-order valence-electron chi connectivity index (χ1n) is 4.43. The number of rotatable bonds is 1. The maximum atomic E-state index is 11.1. The number of cyclic esters (lactones) is 1. The molecular formula is C8H13NO4. The van der Waals surface area contributed by atoms with Crippen molar-refractivity contribution < 1.29 is 19.0 Å². The van der Waals surface area contributed by atoms with Crippen molar-refractivity contribution in [3.8, 4) is 0 Å². The van der Waals surface area contributed by atoms with Crippen LogP contribution in [0, 0.1) is 0 Å². The Bertz CT molecular complexity index is 210. The lowest BCUT2D eigenvalue weighted by Crippen LogP contribution is -2.37. The van der Waals surface area contributed by atoms with Crippen molar-refractivity contribution in [2.24, 2.45) is 0 Å². The Balaban J connectivity index is 1.98. The Morgan fingerprint density at radius 3 is 2.38 bits per heavy atom. The van der Waals surface area contributed by atoms with Crippen molar-refractivity contribution in [2.75, 3.05) is 13.2 Å². The molecular weight excluding hydrogens is 174 g/mol. The smallest absolute Gasteiger partial charge is 0.413 e. The van der Waals surface area contributed by atoms with Gasteiger partial charge in [-0.3, -0.25) is 4.90 Å². The predicted octanol–water partition coefficient (Wildman–Crippen LogP) is 0.546. The van der Waals surface area contributed by atoms with E-state index in [1.54, 1.807) is 0 Å². The summed E-state index contributed by atoms with van der Waals surface area (Å²) in [4.78, 5) is 12.6. The third-order valence-corrected chi connectivity index (χ3v) is 2.37. The van der Waals surface area contributed by atoms with Gasteiger partial charge in [0.05, 0.1) is 18.8 Å². The summed E-state index contributed by atoms with van der Waals surface area (Å²) in [5.41, 5.74) is 0. The van der Waals surface area contributed by atoms with E-state index in [0.29, 0.717) is 13.2 Å². The fourth-order valence-corrected chi connectivity index (χ4v) is 1.36. The standard InChI is InChI=1S/C8H13NO4/c1-5-6(2)13-8(12-5)9-3-4-11-7(9)10/h5-6,8H,3-4H2,1-2H3. The van der Waals surface area contributed by atoms with Gasteiger partial charge in [-0.2, -0.15) is 0 Å². The van der Waals surface area contributed by atoms with Crippen molar-refractivity contribution >= 4 is 6.09 Å². The molecule has 2 aliphatic rings. The number of amides is 1. The number of carbonyl (C=O) groups is 1. The molecule has 0 saturated carbocycles. The van der Waals surface area contributed by atoms with Crippen LogP contribution in [0.4, 0.5) is 4.79 Å². The van der Waals surface area contributed by atoms with Gasteiger partial charge in [-0.1, -0.05) is 0 Å². The molecule has 2 atom stereocenters. The Hall–Kier alpha value is -0.810. The first-order chi connectivity index (χ1) is 6.18. The normalized spacial score (nSPS) is 39.7. The molecule has 0 N–H and O–H groups in total. The molecule has 74 valence electrons. The van der Waals surface area contributed by atoms with Crippen LogP contribution in [-0.4, -0.2) is 42.8 Å². The zero-order valence-electron chi connectivity index (χ0n) is 7.73. The van der Waals surface area contributed by atoms with Gasteiger partial charge in [0.25, 0.3) is 0 Å². The highest BCUT2D eigenvalue weighted by Gasteiger charge is 2.39. The minimum absolute atomic E-state index is 0.0263. The molecule has 0 spiro atoms. The molecule has 13 heavy (non-hydrogen) atoms. The Kier molecular flexibility index (Phi) is 2.13. The second-order valence-corrected chi connectivity index (χ2v) is 3.30. The topological polar surface area (TPSA) is 48.0 Å². The van der Waals surface area contributed by atoms with Gasteiger partial charge in [0.1, 0.15) is 6.61 Å². The molecule has 2 fully saturated rings. The van der Waals surface area contributed by atoms with Crippen LogP contribution in [0.5, 0.6) is 0 Å². The van der Waals surface area contributed by atoms with Gasteiger partial charge in [0.2, 0.25) is 6.41 Å². The van der Waals surface area contributed by atoms with Crippen molar-refractivity contribution in [3.05, 3.63) is 0 Å². The van der Waals surface area contributed by atoms with Crippen LogP contribution in [-0.2, 0) is 14.2 Å². The van der Waals surface area contributed by atoms with E-state index in [1.807, 2.05) is 13.8 Å². The van der Waals surface area contributed by atoms with Gasteiger partial charge in [-0.15, -0.1) is 0 Å². The molecule has 0 radical (unpaired) electrons. The predicted molar refractivity (Wildman–Crippen MR) is 42.9 cm³/mol. The quantitative estimate of drug-likeness (QED) is 0.601. The number of carbonyl (C=O) groups excluding carboxylic acids is 1. The van der Waals surface area contributed by atoms with E-state index in [4.69, 9.17) is 14.2 Å². The summed E-state index contributed by atoms with van der Waals surface area (Å²) in [6.07, 6.45) is -0.858. The first-order valence-corrected chi connectivity index (χ1v) is 4.43. The van der Waals surface area contributed by atoms with Gasteiger partial charge in [0.15, 0.2) is 0 Å². The highest BCUT2D eigenvalue weighted by atomic mass is 16.8. The van der Waals surface area contributed by atoms with Crippen molar-refractivity contribution in [1.82, 2.24) is 4.90 Å². The van der Waals surface area contributed by atoms with Gasteiger partial charge in [-0.05, 0) is 13.8 Å². The molecule has 1 amide bonds. The van der Waals surface area contributed by atoms with Crippen LogP contribution < -0.4 is 0 Å². The summed E-state index contributed by atoms with van der Waals surface area (Å²) in [5.74, 6) is 0. The first kappa shape index (κ1) is 8.77. The molecule has 2 aliphatic heterocycles. The summed E-state index contributed by atoms with van der Waals surface area (Å²) >= 11 is 0. The molecule has 5 nitrogen and oxygen atoms in total. The third-order valence-electron chi connectivity index (χ3n) is 2.37. The van der Waals surface area contributed by atoms with Crippen LogP contribution in [0.15, 0.2) is 0 Å². The fourth-order valence-electron chi connectivity index (χ4n) is 1.36. The largest absolute Gasteiger partial charge is 0.447 e. The molecule has 0 bridgehead atoms. The lowest BCUT2D eigenvalue weighted by atomic mass is 10.3. The minimum atomic E-state index is -0.556. The third kappa shape index (κ3) is 1.49. The van der Waals surface area contributed by atoms with Gasteiger partial charge in [0, 0.05) is 0 Å². The summed E-state index contributed by atoms with van der Waals surface area (Å²) < 4.78 is 15.6. The maximum Gasteiger partial charge on any atom is 0.413 e. The maximum absolute atomic E-state index is 11.1. The van der Waals surface area contributed by atoms with Crippen LogP contribution in [0.2, 0.25) is 0 Å². The summed E-state index contributed by atoms with van der Waals surface area (Å²) in [6.45, 7) is 4.81. The van der Waals surface area contributed by atoms with E-state index in [0.717, 1.165) is 0 Å². The summed E-state index contributed by atoms with van der Waals surface area (Å²) in [7, 11) is 0. The van der Waals surface area contributed by atoms with E-state index in [9.17, 15) is 4.79 Å². The second-order valence-electron chi connectivity index (χ2n) is 3.30. The minimum Gasteiger partial charge on any atom is -0.447 e. The van der Waals surface area contributed by atoms with Crippen LogP contribution in [0.3, 0.4) is 0 Å². The van der Waals surface area contributed by atoms with E-state index in [-0.39, 0.29) is 18.3 Å². The van der Waals surface area contributed by atoms with Crippen LogP contribution in [0.25, 0.3) is 0 Å². The van der Waals surface area contributed by atoms with Gasteiger partial charge < -0.3 is 14.2 Å². The van der Waals surface area contributed by atoms with Gasteiger partial charge in [-0.25, -0.2) is 4.79 Å². The molecule has 2 heterocycles. The van der Waals surface area contributed by atoms with E-state index < -0.39 is 6.41 Å². The molecule has 0 aliphatic carbocycles. The van der Waals surface area contributed by atoms with Crippen LogP contribution >= 0.6 is 0 Å².